The van der Waals surface area contributed by atoms with E-state index >= 15 is 0 Å². The second-order valence-electron chi connectivity index (χ2n) is 7.35. The van der Waals surface area contributed by atoms with Crippen molar-refractivity contribution in [1.82, 2.24) is 0 Å². The predicted molar refractivity (Wildman–Crippen MR) is 109 cm³/mol. The number of hydrogen-bond donors (Lipinski definition) is 2. The van der Waals surface area contributed by atoms with Crippen LogP contribution in [0.2, 0.25) is 0 Å². The summed E-state index contributed by atoms with van der Waals surface area (Å²) in [7, 11) is 0. The molecular formula is C22H24N2O2S. The van der Waals surface area contributed by atoms with Gasteiger partial charge in [-0.1, -0.05) is 56.0 Å². The Morgan fingerprint density at radius 1 is 1.07 bits per heavy atom. The fraction of sp³-hybridized carbons (Fsp3) is 0.364. The third kappa shape index (κ3) is 4.35. The summed E-state index contributed by atoms with van der Waals surface area (Å²) in [6.07, 6.45) is 7.95. The van der Waals surface area contributed by atoms with Crippen molar-refractivity contribution in [2.24, 2.45) is 5.92 Å². The minimum Gasteiger partial charge on any atom is -0.326 e. The van der Waals surface area contributed by atoms with E-state index in [4.69, 9.17) is 0 Å². The van der Waals surface area contributed by atoms with E-state index in [2.05, 4.69) is 10.6 Å². The van der Waals surface area contributed by atoms with Gasteiger partial charge in [-0.25, -0.2) is 0 Å². The molecule has 0 aromatic heterocycles. The van der Waals surface area contributed by atoms with Gasteiger partial charge >= 0.3 is 0 Å². The number of benzene rings is 2. The predicted octanol–water partition coefficient (Wildman–Crippen LogP) is 5.70. The van der Waals surface area contributed by atoms with Gasteiger partial charge in [0.1, 0.15) is 0 Å². The quantitative estimate of drug-likeness (QED) is 0.715. The molecule has 0 atom stereocenters. The van der Waals surface area contributed by atoms with Crippen molar-refractivity contribution in [3.05, 3.63) is 48.0 Å². The third-order valence-electron chi connectivity index (χ3n) is 5.37. The Labute approximate surface area is 164 Å². The normalized spacial score (nSPS) is 16.7. The van der Waals surface area contributed by atoms with E-state index < -0.39 is 0 Å². The van der Waals surface area contributed by atoms with E-state index in [1.54, 1.807) is 17.8 Å². The summed E-state index contributed by atoms with van der Waals surface area (Å²) in [5.41, 5.74) is 2.10. The first-order valence-corrected chi connectivity index (χ1v) is 10.5. The maximum atomic E-state index is 12.6. The zero-order chi connectivity index (χ0) is 18.6. The molecule has 0 saturated heterocycles. The summed E-state index contributed by atoms with van der Waals surface area (Å²) in [6, 6.07) is 13.3. The van der Waals surface area contributed by atoms with E-state index in [0.29, 0.717) is 23.6 Å². The highest BCUT2D eigenvalue weighted by atomic mass is 32.2. The highest BCUT2D eigenvalue weighted by molar-refractivity contribution is 7.99. The van der Waals surface area contributed by atoms with E-state index in [-0.39, 0.29) is 11.8 Å². The van der Waals surface area contributed by atoms with Gasteiger partial charge in [0.25, 0.3) is 5.91 Å². The van der Waals surface area contributed by atoms with E-state index in [1.165, 1.54) is 32.1 Å². The largest absolute Gasteiger partial charge is 0.326 e. The summed E-state index contributed by atoms with van der Waals surface area (Å²) in [6.45, 7) is 0. The van der Waals surface area contributed by atoms with Gasteiger partial charge < -0.3 is 10.6 Å². The molecule has 0 unspecified atom stereocenters. The van der Waals surface area contributed by atoms with Crippen molar-refractivity contribution in [1.29, 1.82) is 0 Å². The molecule has 2 N–H and O–H groups in total. The molecule has 4 rings (SSSR count). The van der Waals surface area contributed by atoms with E-state index in [9.17, 15) is 9.59 Å². The van der Waals surface area contributed by atoms with Crippen LogP contribution in [-0.4, -0.2) is 11.8 Å². The topological polar surface area (TPSA) is 58.2 Å². The molecule has 2 amide bonds. The van der Waals surface area contributed by atoms with Gasteiger partial charge in [-0.3, -0.25) is 9.59 Å². The molecule has 2 aromatic rings. The summed E-state index contributed by atoms with van der Waals surface area (Å²) in [4.78, 5) is 26.9. The SMILES string of the molecule is O=C(CCC1CCCCC1)Nc1ccc2c(c1)C(=O)Nc1ccccc1S2. The Morgan fingerprint density at radius 3 is 2.74 bits per heavy atom. The second-order valence-corrected chi connectivity index (χ2v) is 8.44. The Balaban J connectivity index is 1.43. The molecule has 5 heteroatoms. The molecule has 2 aliphatic rings. The van der Waals surface area contributed by atoms with E-state index in [0.717, 1.165) is 21.9 Å². The summed E-state index contributed by atoms with van der Waals surface area (Å²) < 4.78 is 0. The summed E-state index contributed by atoms with van der Waals surface area (Å²) in [5, 5.41) is 5.92. The van der Waals surface area contributed by atoms with Crippen molar-refractivity contribution in [3.63, 3.8) is 0 Å². The number of hydrogen-bond acceptors (Lipinski definition) is 3. The lowest BCUT2D eigenvalue weighted by Gasteiger charge is -2.21. The van der Waals surface area contributed by atoms with Gasteiger partial charge in [0.05, 0.1) is 11.3 Å². The molecule has 2 aromatic carbocycles. The van der Waals surface area contributed by atoms with Crippen molar-refractivity contribution in [3.8, 4) is 0 Å². The average molecular weight is 381 g/mol. The highest BCUT2D eigenvalue weighted by Gasteiger charge is 2.20. The van der Waals surface area contributed by atoms with Crippen LogP contribution in [-0.2, 0) is 4.79 Å². The number of carbonyl (C=O) groups excluding carboxylic acids is 2. The minimum atomic E-state index is -0.138. The van der Waals surface area contributed by atoms with E-state index in [1.807, 2.05) is 36.4 Å². The van der Waals surface area contributed by atoms with Crippen LogP contribution in [0, 0.1) is 5.92 Å². The van der Waals surface area contributed by atoms with Crippen LogP contribution >= 0.6 is 11.8 Å². The monoisotopic (exact) mass is 380 g/mol. The fourth-order valence-electron chi connectivity index (χ4n) is 3.88. The first-order valence-electron chi connectivity index (χ1n) is 9.71. The zero-order valence-electron chi connectivity index (χ0n) is 15.3. The number of anilines is 2. The van der Waals surface area contributed by atoms with Crippen molar-refractivity contribution >= 4 is 35.0 Å². The van der Waals surface area contributed by atoms with Gasteiger partial charge in [0.2, 0.25) is 5.91 Å². The smallest absolute Gasteiger partial charge is 0.256 e. The lowest BCUT2D eigenvalue weighted by atomic mass is 9.86. The Bertz CT molecular complexity index is 859. The lowest BCUT2D eigenvalue weighted by Crippen LogP contribution is -2.16. The molecule has 140 valence electrons. The Kier molecular flexibility index (Phi) is 5.48. The molecule has 0 spiro atoms. The molecule has 1 saturated carbocycles. The van der Waals surface area contributed by atoms with Crippen molar-refractivity contribution in [2.45, 2.75) is 54.7 Å². The standard InChI is InChI=1S/C22H24N2O2S/c25-21(13-10-15-6-2-1-3-7-15)23-16-11-12-19-17(14-16)22(26)24-18-8-4-5-9-20(18)27-19/h4-5,8-9,11-12,14-15H,1-3,6-7,10,13H2,(H,23,25)(H,24,26). The highest BCUT2D eigenvalue weighted by Crippen LogP contribution is 2.39. The van der Waals surface area contributed by atoms with Gasteiger partial charge in [-0.15, -0.1) is 0 Å². The maximum Gasteiger partial charge on any atom is 0.256 e. The number of carbonyl (C=O) groups is 2. The molecule has 27 heavy (non-hydrogen) atoms. The molecule has 4 nitrogen and oxygen atoms in total. The zero-order valence-corrected chi connectivity index (χ0v) is 16.1. The van der Waals surface area contributed by atoms with Crippen molar-refractivity contribution < 1.29 is 9.59 Å². The molecule has 0 bridgehead atoms. The summed E-state index contributed by atoms with van der Waals surface area (Å²) in [5.74, 6) is 0.587. The van der Waals surface area contributed by atoms with Crippen LogP contribution in [0.25, 0.3) is 0 Å². The molecule has 1 aliphatic carbocycles. The number of rotatable bonds is 4. The van der Waals surface area contributed by atoms with Gasteiger partial charge in [0, 0.05) is 21.9 Å². The lowest BCUT2D eigenvalue weighted by molar-refractivity contribution is -0.116. The van der Waals surface area contributed by atoms with Crippen molar-refractivity contribution in [2.75, 3.05) is 10.6 Å². The Hall–Kier alpha value is -2.27. The minimum absolute atomic E-state index is 0.0329. The van der Waals surface area contributed by atoms with Crippen LogP contribution in [0.15, 0.2) is 52.3 Å². The number of para-hydroxylation sites is 1. The first-order chi connectivity index (χ1) is 13.2. The van der Waals surface area contributed by atoms with Crippen LogP contribution < -0.4 is 10.6 Å². The number of amides is 2. The number of nitrogens with one attached hydrogen (secondary N) is 2. The van der Waals surface area contributed by atoms with Gasteiger partial charge in [-0.2, -0.15) is 0 Å². The fourth-order valence-corrected chi connectivity index (χ4v) is 4.89. The number of fused-ring (bicyclic) bond motifs is 2. The first kappa shape index (κ1) is 18.1. The van der Waals surface area contributed by atoms with Crippen LogP contribution in [0.5, 0.6) is 0 Å². The third-order valence-corrected chi connectivity index (χ3v) is 6.52. The molecular weight excluding hydrogens is 356 g/mol. The second kappa shape index (κ2) is 8.17. The van der Waals surface area contributed by atoms with Crippen LogP contribution in [0.4, 0.5) is 11.4 Å². The van der Waals surface area contributed by atoms with Crippen LogP contribution in [0.1, 0.15) is 55.3 Å². The van der Waals surface area contributed by atoms with Crippen LogP contribution in [0.3, 0.4) is 0 Å². The maximum absolute atomic E-state index is 12.6. The Morgan fingerprint density at radius 2 is 1.89 bits per heavy atom. The molecule has 1 aliphatic heterocycles. The van der Waals surface area contributed by atoms with Gasteiger partial charge in [0.15, 0.2) is 0 Å². The molecule has 1 fully saturated rings. The van der Waals surface area contributed by atoms with Gasteiger partial charge in [-0.05, 0) is 42.7 Å². The summed E-state index contributed by atoms with van der Waals surface area (Å²) >= 11 is 1.57. The molecule has 0 radical (unpaired) electrons. The molecule has 1 heterocycles. The average Bonchev–Trinajstić information content (AvgIpc) is 2.83.